The fourth-order valence-corrected chi connectivity index (χ4v) is 1.43. The van der Waals surface area contributed by atoms with Crippen LogP contribution in [0.25, 0.3) is 0 Å². The van der Waals surface area contributed by atoms with Gasteiger partial charge in [-0.25, -0.2) is 0 Å². The average Bonchev–Trinajstić information content (AvgIpc) is 2.46. The Hall–Kier alpha value is -2.38. The normalized spacial score (nSPS) is 11.4. The molecular formula is C15H12F6O2. The summed E-state index contributed by atoms with van der Waals surface area (Å²) in [7, 11) is 1.41. The summed E-state index contributed by atoms with van der Waals surface area (Å²) < 4.78 is 76.2. The van der Waals surface area contributed by atoms with Gasteiger partial charge in [0.25, 0.3) is 0 Å². The maximum Gasteiger partial charge on any atom is 0.416 e. The van der Waals surface area contributed by atoms with Gasteiger partial charge in [0.2, 0.25) is 0 Å². The predicted molar refractivity (Wildman–Crippen MR) is 71.1 cm³/mol. The summed E-state index contributed by atoms with van der Waals surface area (Å²) in [6, 6.07) is 8.19. The van der Waals surface area contributed by atoms with Gasteiger partial charge in [0.05, 0.1) is 18.2 Å². The van der Waals surface area contributed by atoms with Gasteiger partial charge in [-0.05, 0) is 48.5 Å². The minimum absolute atomic E-state index is 0.169. The van der Waals surface area contributed by atoms with Crippen molar-refractivity contribution in [1.82, 2.24) is 0 Å². The van der Waals surface area contributed by atoms with Crippen molar-refractivity contribution in [3.8, 4) is 11.5 Å². The number of phenolic OH excluding ortho intramolecular Hbond substituents is 1. The number of hydrogen-bond acceptors (Lipinski definition) is 2. The van der Waals surface area contributed by atoms with Gasteiger partial charge in [0, 0.05) is 0 Å². The quantitative estimate of drug-likeness (QED) is 0.731. The minimum Gasteiger partial charge on any atom is -0.508 e. The molecule has 2 rings (SSSR count). The van der Waals surface area contributed by atoms with E-state index in [0.717, 1.165) is 36.4 Å². The number of rotatable bonds is 1. The molecule has 0 fully saturated rings. The Kier molecular flexibility index (Phi) is 5.89. The highest BCUT2D eigenvalue weighted by Gasteiger charge is 2.30. The molecule has 2 aromatic carbocycles. The molecule has 0 radical (unpaired) electrons. The molecule has 0 amide bonds. The summed E-state index contributed by atoms with van der Waals surface area (Å²) in [5.74, 6) is 0.251. The van der Waals surface area contributed by atoms with Gasteiger partial charge in [0.1, 0.15) is 11.5 Å². The van der Waals surface area contributed by atoms with Crippen LogP contribution < -0.4 is 4.74 Å². The van der Waals surface area contributed by atoms with E-state index in [1.54, 1.807) is 0 Å². The van der Waals surface area contributed by atoms with Crippen LogP contribution in [-0.2, 0) is 12.4 Å². The second kappa shape index (κ2) is 7.26. The van der Waals surface area contributed by atoms with E-state index in [1.165, 1.54) is 19.2 Å². The van der Waals surface area contributed by atoms with Crippen LogP contribution in [0.15, 0.2) is 48.5 Å². The molecule has 126 valence electrons. The fraction of sp³-hybridized carbons (Fsp3) is 0.200. The number of halogens is 6. The smallest absolute Gasteiger partial charge is 0.416 e. The summed E-state index contributed by atoms with van der Waals surface area (Å²) in [6.07, 6.45) is -8.60. The number of methoxy groups -OCH3 is 1. The van der Waals surface area contributed by atoms with Crippen molar-refractivity contribution in [3.05, 3.63) is 59.7 Å². The zero-order chi connectivity index (χ0) is 17.7. The number of alkyl halides is 6. The lowest BCUT2D eigenvalue weighted by atomic mass is 10.2. The van der Waals surface area contributed by atoms with Crippen LogP contribution >= 0.6 is 0 Å². The van der Waals surface area contributed by atoms with Crippen LogP contribution in [0.3, 0.4) is 0 Å². The largest absolute Gasteiger partial charge is 0.508 e. The maximum atomic E-state index is 12.0. The molecule has 23 heavy (non-hydrogen) atoms. The summed E-state index contributed by atoms with van der Waals surface area (Å²) in [4.78, 5) is 0. The summed E-state index contributed by atoms with van der Waals surface area (Å²) >= 11 is 0. The van der Waals surface area contributed by atoms with Crippen LogP contribution in [0.4, 0.5) is 26.3 Å². The van der Waals surface area contributed by atoms with E-state index in [9.17, 15) is 26.3 Å². The third kappa shape index (κ3) is 6.09. The molecule has 0 saturated carbocycles. The van der Waals surface area contributed by atoms with Gasteiger partial charge in [-0.15, -0.1) is 0 Å². The Bertz CT molecular complexity index is 600. The molecule has 1 N–H and O–H groups in total. The molecule has 0 aromatic heterocycles. The molecule has 0 aliphatic rings. The van der Waals surface area contributed by atoms with E-state index in [2.05, 4.69) is 0 Å². The van der Waals surface area contributed by atoms with Crippen molar-refractivity contribution in [2.45, 2.75) is 12.4 Å². The SMILES string of the molecule is COc1ccc(C(F)(F)F)cc1.Oc1ccc(C(F)(F)F)cc1. The second-order valence-corrected chi connectivity index (χ2v) is 4.27. The fourth-order valence-electron chi connectivity index (χ4n) is 1.43. The van der Waals surface area contributed by atoms with Crippen LogP contribution in [-0.4, -0.2) is 12.2 Å². The highest BCUT2D eigenvalue weighted by atomic mass is 19.4. The Labute approximate surface area is 127 Å². The first-order chi connectivity index (χ1) is 10.5. The molecule has 0 bridgehead atoms. The van der Waals surface area contributed by atoms with E-state index < -0.39 is 23.5 Å². The molecule has 8 heteroatoms. The van der Waals surface area contributed by atoms with Gasteiger partial charge in [0.15, 0.2) is 0 Å². The van der Waals surface area contributed by atoms with E-state index in [4.69, 9.17) is 9.84 Å². The summed E-state index contributed by atoms with van der Waals surface area (Å²) in [6.45, 7) is 0. The van der Waals surface area contributed by atoms with E-state index in [1.807, 2.05) is 0 Å². The lowest BCUT2D eigenvalue weighted by molar-refractivity contribution is -0.138. The zero-order valence-electron chi connectivity index (χ0n) is 11.7. The summed E-state index contributed by atoms with van der Waals surface area (Å²) in [5, 5.41) is 8.66. The molecule has 0 heterocycles. The molecule has 2 aromatic rings. The van der Waals surface area contributed by atoms with Crippen molar-refractivity contribution in [3.63, 3.8) is 0 Å². The predicted octanol–water partition coefficient (Wildman–Crippen LogP) is 5.13. The van der Waals surface area contributed by atoms with Gasteiger partial charge in [-0.1, -0.05) is 0 Å². The lowest BCUT2D eigenvalue weighted by Crippen LogP contribution is -2.03. The number of phenols is 1. The Morgan fingerprint density at radius 1 is 0.696 bits per heavy atom. The van der Waals surface area contributed by atoms with Crippen molar-refractivity contribution in [1.29, 1.82) is 0 Å². The van der Waals surface area contributed by atoms with Gasteiger partial charge >= 0.3 is 12.4 Å². The van der Waals surface area contributed by atoms with Gasteiger partial charge in [-0.2, -0.15) is 26.3 Å². The molecule has 0 spiro atoms. The topological polar surface area (TPSA) is 29.5 Å². The number of ether oxygens (including phenoxy) is 1. The Balaban J connectivity index is 0.000000231. The van der Waals surface area contributed by atoms with E-state index in [0.29, 0.717) is 5.75 Å². The lowest BCUT2D eigenvalue weighted by Gasteiger charge is -2.06. The highest BCUT2D eigenvalue weighted by Crippen LogP contribution is 2.30. The molecule has 0 aliphatic heterocycles. The maximum absolute atomic E-state index is 12.0. The minimum atomic E-state index is -4.33. The third-order valence-electron chi connectivity index (χ3n) is 2.61. The van der Waals surface area contributed by atoms with Crippen molar-refractivity contribution < 1.29 is 36.2 Å². The molecular weight excluding hydrogens is 326 g/mol. The summed E-state index contributed by atoms with van der Waals surface area (Å²) in [5.41, 5.74) is -1.42. The zero-order valence-corrected chi connectivity index (χ0v) is 11.7. The highest BCUT2D eigenvalue weighted by molar-refractivity contribution is 5.28. The van der Waals surface area contributed by atoms with Gasteiger partial charge in [-0.3, -0.25) is 0 Å². The van der Waals surface area contributed by atoms with Crippen molar-refractivity contribution in [2.24, 2.45) is 0 Å². The average molecular weight is 338 g/mol. The van der Waals surface area contributed by atoms with Crippen LogP contribution in [0.5, 0.6) is 11.5 Å². The monoisotopic (exact) mass is 338 g/mol. The Morgan fingerprint density at radius 2 is 1.04 bits per heavy atom. The molecule has 0 atom stereocenters. The molecule has 0 unspecified atom stereocenters. The number of hydrogen-bond donors (Lipinski definition) is 1. The van der Waals surface area contributed by atoms with Crippen LogP contribution in [0, 0.1) is 0 Å². The van der Waals surface area contributed by atoms with Crippen molar-refractivity contribution in [2.75, 3.05) is 7.11 Å². The number of benzene rings is 2. The van der Waals surface area contributed by atoms with Crippen LogP contribution in [0.1, 0.15) is 11.1 Å². The third-order valence-corrected chi connectivity index (χ3v) is 2.61. The van der Waals surface area contributed by atoms with E-state index in [-0.39, 0.29) is 5.75 Å². The first kappa shape index (κ1) is 18.7. The Morgan fingerprint density at radius 3 is 1.35 bits per heavy atom. The van der Waals surface area contributed by atoms with Crippen LogP contribution in [0.2, 0.25) is 0 Å². The number of aromatic hydroxyl groups is 1. The standard InChI is InChI=1S/C8H7F3O.C7H5F3O/c1-12-7-4-2-6(3-5-7)8(9,10)11;8-7(9,10)5-1-3-6(11)4-2-5/h2-5H,1H3;1-4,11H. The first-order valence-electron chi connectivity index (χ1n) is 6.11. The molecule has 2 nitrogen and oxygen atoms in total. The van der Waals surface area contributed by atoms with Crippen molar-refractivity contribution >= 4 is 0 Å². The van der Waals surface area contributed by atoms with E-state index >= 15 is 0 Å². The first-order valence-corrected chi connectivity index (χ1v) is 6.11. The molecule has 0 aliphatic carbocycles. The van der Waals surface area contributed by atoms with Gasteiger partial charge < -0.3 is 9.84 Å². The second-order valence-electron chi connectivity index (χ2n) is 4.27. The molecule has 0 saturated heterocycles.